The van der Waals surface area contributed by atoms with Crippen LogP contribution in [0.1, 0.15) is 25.0 Å². The van der Waals surface area contributed by atoms with E-state index in [2.05, 4.69) is 132 Å². The first-order chi connectivity index (χ1) is 23.5. The zero-order chi connectivity index (χ0) is 32.0. The fourth-order valence-electron chi connectivity index (χ4n) is 7.69. The molecule has 228 valence electrons. The highest BCUT2D eigenvalue weighted by Crippen LogP contribution is 2.53. The largest absolute Gasteiger partial charge is 0.456 e. The van der Waals surface area contributed by atoms with Crippen LogP contribution in [0.2, 0.25) is 0 Å². The van der Waals surface area contributed by atoms with Crippen molar-refractivity contribution in [1.29, 1.82) is 0 Å². The Morgan fingerprint density at radius 2 is 1.10 bits per heavy atom. The van der Waals surface area contributed by atoms with Gasteiger partial charge < -0.3 is 13.7 Å². The van der Waals surface area contributed by atoms with Gasteiger partial charge in [-0.15, -0.1) is 0 Å². The summed E-state index contributed by atoms with van der Waals surface area (Å²) in [6.07, 6.45) is 7.28. The monoisotopic (exact) mass is 619 g/mol. The van der Waals surface area contributed by atoms with Gasteiger partial charge in [0, 0.05) is 80.8 Å². The number of rotatable bonds is 4. The van der Waals surface area contributed by atoms with E-state index in [1.165, 1.54) is 22.3 Å². The molecule has 0 atom stereocenters. The third-order valence-corrected chi connectivity index (χ3v) is 10.1. The molecule has 9 aromatic rings. The Morgan fingerprint density at radius 3 is 1.75 bits per heavy atom. The van der Waals surface area contributed by atoms with Crippen LogP contribution in [0.25, 0.3) is 66.1 Å². The molecule has 10 rings (SSSR count). The predicted octanol–water partition coefficient (Wildman–Crippen LogP) is 11.7. The summed E-state index contributed by atoms with van der Waals surface area (Å²) in [5.74, 6) is 0. The van der Waals surface area contributed by atoms with E-state index in [-0.39, 0.29) is 5.41 Å². The molecule has 0 aliphatic heterocycles. The van der Waals surface area contributed by atoms with E-state index in [1.807, 2.05) is 24.5 Å². The summed E-state index contributed by atoms with van der Waals surface area (Å²) in [7, 11) is 0. The van der Waals surface area contributed by atoms with Crippen molar-refractivity contribution in [3.8, 4) is 22.3 Å². The molecule has 0 radical (unpaired) electrons. The van der Waals surface area contributed by atoms with E-state index in [1.54, 1.807) is 12.4 Å². The van der Waals surface area contributed by atoms with Crippen molar-refractivity contribution in [2.24, 2.45) is 0 Å². The van der Waals surface area contributed by atoms with Crippen LogP contribution in [0, 0.1) is 0 Å². The van der Waals surface area contributed by atoms with Crippen LogP contribution in [0.5, 0.6) is 0 Å². The summed E-state index contributed by atoms with van der Waals surface area (Å²) in [5.41, 5.74) is 13.6. The van der Waals surface area contributed by atoms with Crippen molar-refractivity contribution < 1.29 is 8.83 Å². The van der Waals surface area contributed by atoms with Gasteiger partial charge in [-0.1, -0.05) is 68.4 Å². The number of furan rings is 2. The van der Waals surface area contributed by atoms with Crippen molar-refractivity contribution in [2.75, 3.05) is 4.90 Å². The first-order valence-electron chi connectivity index (χ1n) is 16.2. The molecule has 0 saturated heterocycles. The van der Waals surface area contributed by atoms with Crippen LogP contribution in [0.4, 0.5) is 17.1 Å². The molecule has 5 nitrogen and oxygen atoms in total. The number of fused-ring (bicyclic) bond motifs is 9. The predicted molar refractivity (Wildman–Crippen MR) is 194 cm³/mol. The maximum atomic E-state index is 6.40. The van der Waals surface area contributed by atoms with Crippen molar-refractivity contribution in [3.63, 3.8) is 0 Å². The van der Waals surface area contributed by atoms with E-state index in [0.29, 0.717) is 0 Å². The van der Waals surface area contributed by atoms with Gasteiger partial charge in [-0.2, -0.15) is 0 Å². The average molecular weight is 620 g/mol. The summed E-state index contributed by atoms with van der Waals surface area (Å²) in [6.45, 7) is 4.66. The van der Waals surface area contributed by atoms with Crippen molar-refractivity contribution in [1.82, 2.24) is 9.97 Å². The number of nitrogens with zero attached hydrogens (tertiary/aromatic N) is 3. The quantitative estimate of drug-likeness (QED) is 0.196. The Labute approximate surface area is 276 Å². The molecule has 0 fully saturated rings. The van der Waals surface area contributed by atoms with Crippen LogP contribution in [0.15, 0.2) is 149 Å². The fourth-order valence-corrected chi connectivity index (χ4v) is 7.69. The Bertz CT molecular complexity index is 2610. The first kappa shape index (κ1) is 27.0. The summed E-state index contributed by atoms with van der Waals surface area (Å²) < 4.78 is 12.8. The number of hydrogen-bond acceptors (Lipinski definition) is 5. The maximum Gasteiger partial charge on any atom is 0.138 e. The molecule has 0 spiro atoms. The van der Waals surface area contributed by atoms with Crippen molar-refractivity contribution in [2.45, 2.75) is 19.3 Å². The zero-order valence-electron chi connectivity index (χ0n) is 26.4. The van der Waals surface area contributed by atoms with Gasteiger partial charge in [-0.05, 0) is 76.3 Å². The molecule has 0 unspecified atom stereocenters. The molecule has 0 N–H and O–H groups in total. The summed E-state index contributed by atoms with van der Waals surface area (Å²) in [5, 5.41) is 4.08. The van der Waals surface area contributed by atoms with E-state index in [0.717, 1.165) is 72.1 Å². The molecular formula is C43H29N3O2. The Balaban J connectivity index is 1.28. The molecule has 0 saturated carbocycles. The lowest BCUT2D eigenvalue weighted by molar-refractivity contribution is 0.660. The van der Waals surface area contributed by atoms with Crippen LogP contribution in [0.3, 0.4) is 0 Å². The third kappa shape index (κ3) is 3.85. The van der Waals surface area contributed by atoms with Crippen LogP contribution in [-0.2, 0) is 5.41 Å². The highest BCUT2D eigenvalue weighted by Gasteiger charge is 2.37. The number of aromatic nitrogens is 2. The maximum absolute atomic E-state index is 6.40. The highest BCUT2D eigenvalue weighted by molar-refractivity contribution is 6.08. The molecule has 1 aliphatic rings. The molecule has 1 aliphatic carbocycles. The molecule has 5 heteroatoms. The van der Waals surface area contributed by atoms with Crippen LogP contribution in [-0.4, -0.2) is 9.97 Å². The van der Waals surface area contributed by atoms with Crippen molar-refractivity contribution in [3.05, 3.63) is 151 Å². The lowest BCUT2D eigenvalue weighted by Gasteiger charge is -2.30. The molecule has 5 aromatic carbocycles. The van der Waals surface area contributed by atoms with Gasteiger partial charge in [-0.3, -0.25) is 9.97 Å². The molecule has 0 amide bonds. The normalized spacial score (nSPS) is 13.4. The summed E-state index contributed by atoms with van der Waals surface area (Å²) >= 11 is 0. The lowest BCUT2D eigenvalue weighted by Crippen LogP contribution is -2.17. The van der Waals surface area contributed by atoms with Gasteiger partial charge in [0.25, 0.3) is 0 Å². The Morgan fingerprint density at radius 1 is 0.500 bits per heavy atom. The highest BCUT2D eigenvalue weighted by atomic mass is 16.3. The molecule has 4 heterocycles. The number of hydrogen-bond donors (Lipinski definition) is 0. The SMILES string of the molecule is CC1(C)c2ccccc2-c2cc(-c3ccccc3)c(N(c3ccc4c(c3)oc3ccncc34)c3ccc4c(c3)oc3ccncc34)cc21. The standard InChI is InChI=1S/C43H29N3O2/c1-43(2)36-11-7-6-10-29(36)33-22-32(26-8-4-3-5-9-26)38(23-37(33)43)46(27-12-14-30-34-24-44-18-16-39(34)47-41(30)20-27)28-13-15-31-35-25-45-19-17-40(35)48-42(31)21-28/h3-25H,1-2H3. The Hall–Kier alpha value is -6.20. The second kappa shape index (κ2) is 9.90. The lowest BCUT2D eigenvalue weighted by atomic mass is 9.81. The minimum Gasteiger partial charge on any atom is -0.456 e. The second-order valence-electron chi connectivity index (χ2n) is 13.1. The van der Waals surface area contributed by atoms with Gasteiger partial charge in [-0.25, -0.2) is 0 Å². The number of pyridine rings is 2. The molecule has 48 heavy (non-hydrogen) atoms. The van der Waals surface area contributed by atoms with Gasteiger partial charge in [0.1, 0.15) is 22.3 Å². The summed E-state index contributed by atoms with van der Waals surface area (Å²) in [4.78, 5) is 11.1. The van der Waals surface area contributed by atoms with E-state index in [4.69, 9.17) is 8.83 Å². The van der Waals surface area contributed by atoms with Crippen LogP contribution >= 0.6 is 0 Å². The van der Waals surface area contributed by atoms with E-state index < -0.39 is 0 Å². The molecule has 0 bridgehead atoms. The fraction of sp³-hybridized carbons (Fsp3) is 0.0698. The first-order valence-corrected chi connectivity index (χ1v) is 16.2. The Kier molecular flexibility index (Phi) is 5.56. The van der Waals surface area contributed by atoms with E-state index in [9.17, 15) is 0 Å². The minimum atomic E-state index is -0.174. The number of anilines is 3. The van der Waals surface area contributed by atoms with E-state index >= 15 is 0 Å². The summed E-state index contributed by atoms with van der Waals surface area (Å²) in [6, 6.07) is 41.1. The van der Waals surface area contributed by atoms with Crippen molar-refractivity contribution >= 4 is 60.9 Å². The smallest absolute Gasteiger partial charge is 0.138 e. The topological polar surface area (TPSA) is 55.3 Å². The minimum absolute atomic E-state index is 0.174. The van der Waals surface area contributed by atoms with Gasteiger partial charge in [0.05, 0.1) is 5.69 Å². The van der Waals surface area contributed by atoms with Crippen LogP contribution < -0.4 is 4.90 Å². The molecule has 4 aromatic heterocycles. The zero-order valence-corrected chi connectivity index (χ0v) is 26.4. The third-order valence-electron chi connectivity index (χ3n) is 10.1. The average Bonchev–Trinajstić information content (AvgIpc) is 3.76. The van der Waals surface area contributed by atoms with Gasteiger partial charge in [0.2, 0.25) is 0 Å². The molecular weight excluding hydrogens is 590 g/mol. The van der Waals surface area contributed by atoms with Gasteiger partial charge in [0.15, 0.2) is 0 Å². The number of benzene rings is 5. The van der Waals surface area contributed by atoms with Gasteiger partial charge >= 0.3 is 0 Å². The second-order valence-corrected chi connectivity index (χ2v) is 13.1.